The van der Waals surface area contributed by atoms with E-state index in [2.05, 4.69) is 5.32 Å². The fourth-order valence-corrected chi connectivity index (χ4v) is 3.54. The van der Waals surface area contributed by atoms with Gasteiger partial charge in [-0.25, -0.2) is 4.90 Å². The van der Waals surface area contributed by atoms with E-state index in [0.29, 0.717) is 16.4 Å². The van der Waals surface area contributed by atoms with Gasteiger partial charge < -0.3 is 5.32 Å². The minimum absolute atomic E-state index is 0.0321. The van der Waals surface area contributed by atoms with Gasteiger partial charge in [-0.05, 0) is 44.7 Å². The highest BCUT2D eigenvalue weighted by atomic mass is 35.5. The first-order chi connectivity index (χ1) is 13.3. The zero-order valence-corrected chi connectivity index (χ0v) is 16.8. The second-order valence-electron chi connectivity index (χ2n) is 7.02. The van der Waals surface area contributed by atoms with Crippen LogP contribution in [0.25, 0.3) is 0 Å². The minimum Gasteiger partial charge on any atom is -0.324 e. The molecule has 7 heteroatoms. The molecule has 2 aromatic carbocycles. The molecule has 0 saturated carbocycles. The summed E-state index contributed by atoms with van der Waals surface area (Å²) in [5, 5.41) is 3.16. The third-order valence-corrected chi connectivity index (χ3v) is 5.12. The molecule has 1 N–H and O–H groups in total. The molecular weight excluding hydrogens is 378 g/mol. The van der Waals surface area contributed by atoms with Crippen molar-refractivity contribution in [2.24, 2.45) is 0 Å². The lowest BCUT2D eigenvalue weighted by Crippen LogP contribution is -2.43. The summed E-state index contributed by atoms with van der Waals surface area (Å²) >= 11 is 6.05. The maximum absolute atomic E-state index is 12.9. The van der Waals surface area contributed by atoms with Crippen LogP contribution >= 0.6 is 11.6 Å². The Morgan fingerprint density at radius 2 is 1.93 bits per heavy atom. The van der Waals surface area contributed by atoms with Gasteiger partial charge in [0.1, 0.15) is 0 Å². The number of imide groups is 1. The van der Waals surface area contributed by atoms with Crippen LogP contribution in [0.2, 0.25) is 5.02 Å². The molecule has 1 aliphatic heterocycles. The van der Waals surface area contributed by atoms with Gasteiger partial charge in [0.25, 0.3) is 5.91 Å². The summed E-state index contributed by atoms with van der Waals surface area (Å²) in [6.45, 7) is 3.80. The lowest BCUT2D eigenvalue weighted by Gasteiger charge is -2.23. The van der Waals surface area contributed by atoms with E-state index in [4.69, 9.17) is 11.6 Å². The van der Waals surface area contributed by atoms with Crippen molar-refractivity contribution < 1.29 is 14.4 Å². The van der Waals surface area contributed by atoms with Crippen LogP contribution in [-0.2, 0) is 14.4 Å². The first-order valence-corrected chi connectivity index (χ1v) is 9.34. The number of halogens is 1. The van der Waals surface area contributed by atoms with E-state index in [1.165, 1.54) is 4.90 Å². The molecule has 0 bridgehead atoms. The van der Waals surface area contributed by atoms with Gasteiger partial charge in [-0.3, -0.25) is 19.3 Å². The number of amides is 3. The fraction of sp³-hybridized carbons (Fsp3) is 0.286. The number of likely N-dealkylation sites (N-methyl/N-ethyl adjacent to an activating group) is 1. The summed E-state index contributed by atoms with van der Waals surface area (Å²) in [4.78, 5) is 40.6. The van der Waals surface area contributed by atoms with E-state index in [1.54, 1.807) is 42.3 Å². The van der Waals surface area contributed by atoms with Gasteiger partial charge in [-0.15, -0.1) is 0 Å². The topological polar surface area (TPSA) is 69.7 Å². The Labute approximate surface area is 169 Å². The average molecular weight is 400 g/mol. The van der Waals surface area contributed by atoms with Gasteiger partial charge in [0.2, 0.25) is 11.8 Å². The summed E-state index contributed by atoms with van der Waals surface area (Å²) in [7, 11) is 1.66. The van der Waals surface area contributed by atoms with E-state index < -0.39 is 6.04 Å². The van der Waals surface area contributed by atoms with Crippen molar-refractivity contribution in [2.75, 3.05) is 23.8 Å². The van der Waals surface area contributed by atoms with Crippen LogP contribution in [0.4, 0.5) is 11.4 Å². The van der Waals surface area contributed by atoms with Crippen molar-refractivity contribution in [3.05, 3.63) is 58.6 Å². The number of anilines is 2. The Hall–Kier alpha value is -2.70. The Kier molecular flexibility index (Phi) is 5.82. The van der Waals surface area contributed by atoms with Gasteiger partial charge in [-0.2, -0.15) is 0 Å². The first-order valence-electron chi connectivity index (χ1n) is 8.96. The first kappa shape index (κ1) is 20.0. The standard InChI is InChI=1S/C21H22ClN3O3/c1-13-8-9-17(14(2)10-13)25-20(27)11-18(21(25)28)24(3)12-19(26)23-16-7-5-4-6-15(16)22/h4-10,18H,11-12H2,1-3H3,(H,23,26). The molecule has 0 spiro atoms. The molecule has 3 rings (SSSR count). The predicted octanol–water partition coefficient (Wildman–Crippen LogP) is 3.16. The molecule has 1 aliphatic rings. The molecule has 1 heterocycles. The van der Waals surface area contributed by atoms with Gasteiger partial charge in [0.15, 0.2) is 0 Å². The van der Waals surface area contributed by atoms with Gasteiger partial charge in [0.05, 0.1) is 35.4 Å². The molecule has 1 atom stereocenters. The molecule has 2 aromatic rings. The van der Waals surface area contributed by atoms with Crippen LogP contribution < -0.4 is 10.2 Å². The van der Waals surface area contributed by atoms with E-state index in [0.717, 1.165) is 11.1 Å². The molecule has 0 aromatic heterocycles. The smallest absolute Gasteiger partial charge is 0.251 e. The van der Waals surface area contributed by atoms with Crippen molar-refractivity contribution in [3.8, 4) is 0 Å². The maximum atomic E-state index is 12.9. The largest absolute Gasteiger partial charge is 0.324 e. The molecule has 6 nitrogen and oxygen atoms in total. The van der Waals surface area contributed by atoms with Gasteiger partial charge in [-0.1, -0.05) is 41.4 Å². The number of hydrogen-bond donors (Lipinski definition) is 1. The molecule has 0 radical (unpaired) electrons. The zero-order valence-electron chi connectivity index (χ0n) is 16.0. The monoisotopic (exact) mass is 399 g/mol. The highest BCUT2D eigenvalue weighted by Gasteiger charge is 2.42. The SMILES string of the molecule is Cc1ccc(N2C(=O)CC(N(C)CC(=O)Nc3ccccc3Cl)C2=O)c(C)c1. The molecule has 0 aliphatic carbocycles. The number of nitrogens with one attached hydrogen (secondary N) is 1. The van der Waals surface area contributed by atoms with Crippen LogP contribution in [0.15, 0.2) is 42.5 Å². The normalized spacial score (nSPS) is 16.8. The van der Waals surface area contributed by atoms with Crippen molar-refractivity contribution in [1.82, 2.24) is 4.90 Å². The van der Waals surface area contributed by atoms with Crippen LogP contribution in [-0.4, -0.2) is 42.3 Å². The summed E-state index contributed by atoms with van der Waals surface area (Å²) in [5.74, 6) is -0.883. The van der Waals surface area contributed by atoms with Gasteiger partial charge in [0, 0.05) is 0 Å². The second kappa shape index (κ2) is 8.12. The Balaban J connectivity index is 1.70. The Morgan fingerprint density at radius 1 is 1.21 bits per heavy atom. The lowest BCUT2D eigenvalue weighted by molar-refractivity contribution is -0.123. The average Bonchev–Trinajstić information content (AvgIpc) is 2.92. The Morgan fingerprint density at radius 3 is 2.61 bits per heavy atom. The fourth-order valence-electron chi connectivity index (χ4n) is 3.36. The predicted molar refractivity (Wildman–Crippen MR) is 110 cm³/mol. The van der Waals surface area contributed by atoms with Crippen molar-refractivity contribution in [3.63, 3.8) is 0 Å². The molecule has 146 valence electrons. The Bertz CT molecular complexity index is 944. The van der Waals surface area contributed by atoms with Crippen LogP contribution in [0.5, 0.6) is 0 Å². The molecule has 3 amide bonds. The molecule has 1 fully saturated rings. The number of aryl methyl sites for hydroxylation is 2. The molecular formula is C21H22ClN3O3. The summed E-state index contributed by atoms with van der Waals surface area (Å²) < 4.78 is 0. The van der Waals surface area contributed by atoms with Gasteiger partial charge >= 0.3 is 0 Å². The van der Waals surface area contributed by atoms with E-state index >= 15 is 0 Å². The van der Waals surface area contributed by atoms with Crippen molar-refractivity contribution >= 4 is 40.7 Å². The summed E-state index contributed by atoms with van der Waals surface area (Å²) in [5.41, 5.74) is 3.03. The van der Waals surface area contributed by atoms with E-state index in [1.807, 2.05) is 26.0 Å². The zero-order chi connectivity index (χ0) is 20.4. The van der Waals surface area contributed by atoms with Crippen LogP contribution in [0, 0.1) is 13.8 Å². The highest BCUT2D eigenvalue weighted by Crippen LogP contribution is 2.28. The number of nitrogens with zero attached hydrogens (tertiary/aromatic N) is 2. The van der Waals surface area contributed by atoms with Crippen LogP contribution in [0.1, 0.15) is 17.5 Å². The second-order valence-corrected chi connectivity index (χ2v) is 7.43. The molecule has 1 saturated heterocycles. The number of para-hydroxylation sites is 1. The maximum Gasteiger partial charge on any atom is 0.251 e. The van der Waals surface area contributed by atoms with Crippen LogP contribution in [0.3, 0.4) is 0 Å². The quantitative estimate of drug-likeness (QED) is 0.784. The summed E-state index contributed by atoms with van der Waals surface area (Å²) in [6.07, 6.45) is 0.0437. The van der Waals surface area contributed by atoms with Crippen molar-refractivity contribution in [1.29, 1.82) is 0 Å². The number of hydrogen-bond acceptors (Lipinski definition) is 4. The highest BCUT2D eigenvalue weighted by molar-refractivity contribution is 6.33. The summed E-state index contributed by atoms with van der Waals surface area (Å²) in [6, 6.07) is 11.8. The number of carbonyl (C=O) groups excluding carboxylic acids is 3. The number of rotatable bonds is 5. The van der Waals surface area contributed by atoms with Crippen molar-refractivity contribution in [2.45, 2.75) is 26.3 Å². The third kappa shape index (κ3) is 4.08. The van der Waals surface area contributed by atoms with E-state index in [-0.39, 0.29) is 30.7 Å². The van der Waals surface area contributed by atoms with E-state index in [9.17, 15) is 14.4 Å². The third-order valence-electron chi connectivity index (χ3n) is 4.79. The number of benzene rings is 2. The number of carbonyl (C=O) groups is 3. The lowest BCUT2D eigenvalue weighted by atomic mass is 10.1. The minimum atomic E-state index is -0.676. The molecule has 1 unspecified atom stereocenters. The molecule has 28 heavy (non-hydrogen) atoms.